The van der Waals surface area contributed by atoms with Crippen LogP contribution in [0, 0.1) is 15.5 Å². The van der Waals surface area contributed by atoms with Gasteiger partial charge >= 0.3 is 0 Å². The summed E-state index contributed by atoms with van der Waals surface area (Å²) < 4.78 is 0. The first kappa shape index (κ1) is 10.9. The standard InChI is InChI=1S/C12H9N3O2/c13-12(11-3-1-2-8-14-11)9-4-6-10(7-5-9)15(16)17/h1-8,13H. The summed E-state index contributed by atoms with van der Waals surface area (Å²) in [6.45, 7) is 0. The van der Waals surface area contributed by atoms with E-state index in [4.69, 9.17) is 5.41 Å². The molecule has 0 amide bonds. The molecule has 1 N–H and O–H groups in total. The fourth-order valence-electron chi connectivity index (χ4n) is 1.41. The molecule has 5 nitrogen and oxygen atoms in total. The highest BCUT2D eigenvalue weighted by atomic mass is 16.6. The lowest BCUT2D eigenvalue weighted by atomic mass is 10.1. The summed E-state index contributed by atoms with van der Waals surface area (Å²) in [5, 5.41) is 18.4. The Morgan fingerprint density at radius 2 is 1.88 bits per heavy atom. The molecule has 0 atom stereocenters. The number of nitro groups is 1. The minimum Gasteiger partial charge on any atom is -0.298 e. The molecule has 0 radical (unpaired) electrons. The molecule has 0 aliphatic rings. The van der Waals surface area contributed by atoms with Crippen LogP contribution in [0.4, 0.5) is 5.69 Å². The van der Waals surface area contributed by atoms with Gasteiger partial charge in [-0.3, -0.25) is 20.5 Å². The summed E-state index contributed by atoms with van der Waals surface area (Å²) in [7, 11) is 0. The Balaban J connectivity index is 2.30. The van der Waals surface area contributed by atoms with Crippen molar-refractivity contribution in [3.8, 4) is 0 Å². The van der Waals surface area contributed by atoms with Gasteiger partial charge in [0.2, 0.25) is 0 Å². The van der Waals surface area contributed by atoms with Crippen LogP contribution < -0.4 is 0 Å². The Morgan fingerprint density at radius 1 is 1.18 bits per heavy atom. The van der Waals surface area contributed by atoms with Crippen molar-refractivity contribution >= 4 is 11.4 Å². The quantitative estimate of drug-likeness (QED) is 0.496. The first-order chi connectivity index (χ1) is 8.18. The predicted molar refractivity (Wildman–Crippen MR) is 63.3 cm³/mol. The maximum absolute atomic E-state index is 10.5. The van der Waals surface area contributed by atoms with Gasteiger partial charge in [-0.25, -0.2) is 0 Å². The van der Waals surface area contributed by atoms with E-state index in [1.165, 1.54) is 12.1 Å². The Labute approximate surface area is 97.4 Å². The van der Waals surface area contributed by atoms with Gasteiger partial charge in [0.05, 0.1) is 16.3 Å². The molecule has 1 heterocycles. The molecule has 0 saturated carbocycles. The van der Waals surface area contributed by atoms with Crippen LogP contribution in [-0.2, 0) is 0 Å². The van der Waals surface area contributed by atoms with E-state index in [0.717, 1.165) is 0 Å². The summed E-state index contributed by atoms with van der Waals surface area (Å²) in [5.41, 5.74) is 1.42. The highest BCUT2D eigenvalue weighted by molar-refractivity contribution is 6.09. The lowest BCUT2D eigenvalue weighted by molar-refractivity contribution is -0.384. The fourth-order valence-corrected chi connectivity index (χ4v) is 1.41. The van der Waals surface area contributed by atoms with E-state index in [1.807, 2.05) is 0 Å². The molecule has 5 heteroatoms. The first-order valence-corrected chi connectivity index (χ1v) is 4.93. The lowest BCUT2D eigenvalue weighted by Gasteiger charge is -2.02. The van der Waals surface area contributed by atoms with E-state index in [0.29, 0.717) is 11.3 Å². The number of rotatable bonds is 3. The van der Waals surface area contributed by atoms with Crippen LogP contribution in [0.5, 0.6) is 0 Å². The summed E-state index contributed by atoms with van der Waals surface area (Å²) >= 11 is 0. The zero-order chi connectivity index (χ0) is 12.3. The smallest absolute Gasteiger partial charge is 0.269 e. The van der Waals surface area contributed by atoms with Gasteiger partial charge in [0.25, 0.3) is 5.69 Å². The molecule has 0 bridgehead atoms. The average molecular weight is 227 g/mol. The van der Waals surface area contributed by atoms with Crippen molar-refractivity contribution in [2.75, 3.05) is 0 Å². The molecular formula is C12H9N3O2. The third-order valence-corrected chi connectivity index (χ3v) is 2.29. The maximum atomic E-state index is 10.5. The topological polar surface area (TPSA) is 79.9 Å². The molecule has 84 valence electrons. The van der Waals surface area contributed by atoms with Crippen molar-refractivity contribution in [2.45, 2.75) is 0 Å². The summed E-state index contributed by atoms with van der Waals surface area (Å²) in [6.07, 6.45) is 1.61. The van der Waals surface area contributed by atoms with Gasteiger partial charge in [0.1, 0.15) is 0 Å². The zero-order valence-electron chi connectivity index (χ0n) is 8.83. The van der Waals surface area contributed by atoms with Crippen molar-refractivity contribution in [3.05, 3.63) is 70.0 Å². The molecule has 0 saturated heterocycles. The van der Waals surface area contributed by atoms with E-state index < -0.39 is 4.92 Å². The van der Waals surface area contributed by atoms with Crippen molar-refractivity contribution in [1.82, 2.24) is 4.98 Å². The summed E-state index contributed by atoms with van der Waals surface area (Å²) in [5.74, 6) is 0. The summed E-state index contributed by atoms with van der Waals surface area (Å²) in [4.78, 5) is 14.1. The maximum Gasteiger partial charge on any atom is 0.269 e. The number of nitrogens with zero attached hydrogens (tertiary/aromatic N) is 2. The number of benzene rings is 1. The average Bonchev–Trinajstić information content (AvgIpc) is 2.39. The molecule has 0 spiro atoms. The van der Waals surface area contributed by atoms with Crippen LogP contribution in [0.15, 0.2) is 48.7 Å². The highest BCUT2D eigenvalue weighted by Crippen LogP contribution is 2.14. The largest absolute Gasteiger partial charge is 0.298 e. The Kier molecular flexibility index (Phi) is 2.91. The fraction of sp³-hybridized carbons (Fsp3) is 0. The van der Waals surface area contributed by atoms with Crippen molar-refractivity contribution in [2.24, 2.45) is 0 Å². The van der Waals surface area contributed by atoms with Gasteiger partial charge in [0, 0.05) is 23.9 Å². The predicted octanol–water partition coefficient (Wildman–Crippen LogP) is 2.41. The number of non-ortho nitro benzene ring substituents is 1. The number of nitro benzene ring substituents is 1. The van der Waals surface area contributed by atoms with E-state index in [1.54, 1.807) is 36.5 Å². The van der Waals surface area contributed by atoms with Crippen LogP contribution in [0.25, 0.3) is 0 Å². The van der Waals surface area contributed by atoms with E-state index in [9.17, 15) is 10.1 Å². The molecule has 2 aromatic rings. The highest BCUT2D eigenvalue weighted by Gasteiger charge is 2.08. The summed E-state index contributed by atoms with van der Waals surface area (Å²) in [6, 6.07) is 11.2. The van der Waals surface area contributed by atoms with Crippen molar-refractivity contribution < 1.29 is 4.92 Å². The van der Waals surface area contributed by atoms with Crippen LogP contribution in [0.2, 0.25) is 0 Å². The zero-order valence-corrected chi connectivity index (χ0v) is 8.83. The molecule has 0 unspecified atom stereocenters. The SMILES string of the molecule is N=C(c1ccc([N+](=O)[O-])cc1)c1ccccn1. The molecule has 17 heavy (non-hydrogen) atoms. The van der Waals surface area contributed by atoms with Gasteiger partial charge in [0.15, 0.2) is 0 Å². The second-order valence-corrected chi connectivity index (χ2v) is 3.39. The first-order valence-electron chi connectivity index (χ1n) is 4.93. The number of hydrogen-bond acceptors (Lipinski definition) is 4. The lowest BCUT2D eigenvalue weighted by Crippen LogP contribution is -2.03. The molecular weight excluding hydrogens is 218 g/mol. The molecule has 0 aliphatic carbocycles. The van der Waals surface area contributed by atoms with Gasteiger partial charge in [-0.05, 0) is 24.3 Å². The minimum absolute atomic E-state index is 0.0163. The third-order valence-electron chi connectivity index (χ3n) is 2.29. The monoisotopic (exact) mass is 227 g/mol. The van der Waals surface area contributed by atoms with E-state index >= 15 is 0 Å². The number of pyridine rings is 1. The Bertz CT molecular complexity index is 550. The molecule has 0 fully saturated rings. The van der Waals surface area contributed by atoms with Gasteiger partial charge < -0.3 is 0 Å². The number of hydrogen-bond donors (Lipinski definition) is 1. The van der Waals surface area contributed by atoms with Crippen LogP contribution in [-0.4, -0.2) is 15.6 Å². The minimum atomic E-state index is -0.464. The van der Waals surface area contributed by atoms with Crippen molar-refractivity contribution in [3.63, 3.8) is 0 Å². The number of nitrogens with one attached hydrogen (secondary N) is 1. The van der Waals surface area contributed by atoms with Crippen molar-refractivity contribution in [1.29, 1.82) is 5.41 Å². The molecule has 0 aliphatic heterocycles. The van der Waals surface area contributed by atoms with Crippen LogP contribution in [0.1, 0.15) is 11.3 Å². The Morgan fingerprint density at radius 3 is 2.41 bits per heavy atom. The van der Waals surface area contributed by atoms with E-state index in [-0.39, 0.29) is 11.4 Å². The van der Waals surface area contributed by atoms with Crippen LogP contribution >= 0.6 is 0 Å². The normalized spacial score (nSPS) is 9.88. The third kappa shape index (κ3) is 2.34. The van der Waals surface area contributed by atoms with Gasteiger partial charge in [-0.1, -0.05) is 6.07 Å². The molecule has 1 aromatic carbocycles. The van der Waals surface area contributed by atoms with Gasteiger partial charge in [-0.2, -0.15) is 0 Å². The second-order valence-electron chi connectivity index (χ2n) is 3.39. The molecule has 2 rings (SSSR count). The van der Waals surface area contributed by atoms with E-state index in [2.05, 4.69) is 4.98 Å². The molecule has 1 aromatic heterocycles. The van der Waals surface area contributed by atoms with Gasteiger partial charge in [-0.15, -0.1) is 0 Å². The second kappa shape index (κ2) is 4.52. The Hall–Kier alpha value is -2.56. The number of aromatic nitrogens is 1. The van der Waals surface area contributed by atoms with Crippen LogP contribution in [0.3, 0.4) is 0 Å².